The summed E-state index contributed by atoms with van der Waals surface area (Å²) >= 11 is 0. The molecule has 1 amide bonds. The average Bonchev–Trinajstić information content (AvgIpc) is 3.27. The number of hydrogen-bond donors (Lipinski definition) is 2. The van der Waals surface area contributed by atoms with E-state index in [0.29, 0.717) is 5.56 Å². The number of carbonyl (C=O) groups is 1. The van der Waals surface area contributed by atoms with Crippen molar-refractivity contribution < 1.29 is 14.3 Å². The van der Waals surface area contributed by atoms with Crippen LogP contribution in [0.1, 0.15) is 72.9 Å². The number of rotatable bonds is 9. The number of ether oxygens (including phenoxy) is 2. The second-order valence-corrected chi connectivity index (χ2v) is 9.33. The highest BCUT2D eigenvalue weighted by molar-refractivity contribution is 6.03. The Labute approximate surface area is 196 Å². The number of allylic oxidation sites excluding steroid dienone is 1. The fourth-order valence-corrected chi connectivity index (χ4v) is 4.93. The van der Waals surface area contributed by atoms with E-state index in [1.165, 1.54) is 0 Å². The maximum atomic E-state index is 12.7. The van der Waals surface area contributed by atoms with Gasteiger partial charge in [0.15, 0.2) is 11.5 Å². The molecule has 33 heavy (non-hydrogen) atoms. The number of carbonyl (C=O) groups excluding carboxylic acids is 1. The molecule has 0 aromatic heterocycles. The normalized spacial score (nSPS) is 17.1. The molecule has 6 nitrogen and oxygen atoms in total. The molecular formula is C27H35N3O3. The Bertz CT molecular complexity index is 1060. The Morgan fingerprint density at radius 3 is 2.73 bits per heavy atom. The lowest BCUT2D eigenvalue weighted by molar-refractivity contribution is 0.0999. The molecule has 0 saturated heterocycles. The van der Waals surface area contributed by atoms with Crippen molar-refractivity contribution in [1.82, 2.24) is 4.90 Å². The molecule has 2 heterocycles. The minimum Gasteiger partial charge on any atom is -0.454 e. The summed E-state index contributed by atoms with van der Waals surface area (Å²) in [6, 6.07) is 8.27. The first-order chi connectivity index (χ1) is 15.9. The van der Waals surface area contributed by atoms with Gasteiger partial charge in [0.05, 0.1) is 11.3 Å². The minimum absolute atomic E-state index is 0.198. The Kier molecular flexibility index (Phi) is 6.94. The molecule has 0 fully saturated rings. The van der Waals surface area contributed by atoms with Crippen LogP contribution in [0.4, 0.5) is 5.69 Å². The molecule has 0 spiro atoms. The van der Waals surface area contributed by atoms with Crippen LogP contribution in [0.5, 0.6) is 11.5 Å². The zero-order valence-electron chi connectivity index (χ0n) is 20.1. The predicted octanol–water partition coefficient (Wildman–Crippen LogP) is 5.45. The number of unbranched alkanes of at least 4 members (excludes halogenated alkanes) is 1. The second kappa shape index (κ2) is 9.87. The zero-order valence-corrected chi connectivity index (χ0v) is 20.1. The van der Waals surface area contributed by atoms with Gasteiger partial charge in [-0.15, -0.1) is 0 Å². The van der Waals surface area contributed by atoms with Gasteiger partial charge in [-0.1, -0.05) is 32.4 Å². The average molecular weight is 450 g/mol. The molecule has 6 heteroatoms. The topological polar surface area (TPSA) is 76.8 Å². The highest BCUT2D eigenvalue weighted by Gasteiger charge is 2.29. The van der Waals surface area contributed by atoms with E-state index in [1.807, 2.05) is 18.3 Å². The standard InChI is InChI=1S/C27H35N3O3/c1-5-18-11-12-29-26-24(18)21(19-9-10-22-23(14-19)33-16-32-22)15-20(25(26)27(28)31)17(2)8-6-7-13-30(3)4/h9-12,14-15,17-18,29H,5-8,13,16H2,1-4H3,(H2,28,31). The number of fused-ring (bicyclic) bond motifs is 2. The van der Waals surface area contributed by atoms with Crippen LogP contribution in [0.25, 0.3) is 11.1 Å². The van der Waals surface area contributed by atoms with Crippen molar-refractivity contribution in [3.8, 4) is 22.6 Å². The van der Waals surface area contributed by atoms with Crippen molar-refractivity contribution in [2.45, 2.75) is 51.4 Å². The zero-order chi connectivity index (χ0) is 23.5. The van der Waals surface area contributed by atoms with E-state index in [1.54, 1.807) is 0 Å². The third-order valence-corrected chi connectivity index (χ3v) is 6.72. The number of amides is 1. The SMILES string of the molecule is CCC1C=CNc2c(C(N)=O)c(C(C)CCCCN(C)C)cc(-c3ccc4c(c3)OCO4)c21. The number of primary amides is 1. The number of nitrogens with two attached hydrogens (primary N) is 1. The Balaban J connectivity index is 1.82. The molecule has 2 aliphatic heterocycles. The number of benzene rings is 2. The molecule has 3 N–H and O–H groups in total. The van der Waals surface area contributed by atoms with Crippen molar-refractivity contribution in [3.05, 3.63) is 53.2 Å². The summed E-state index contributed by atoms with van der Waals surface area (Å²) in [6.07, 6.45) is 8.26. The van der Waals surface area contributed by atoms with Crippen LogP contribution in [-0.4, -0.2) is 38.2 Å². The van der Waals surface area contributed by atoms with E-state index in [0.717, 1.165) is 71.7 Å². The van der Waals surface area contributed by atoms with Gasteiger partial charge in [-0.2, -0.15) is 0 Å². The maximum Gasteiger partial charge on any atom is 0.251 e. The van der Waals surface area contributed by atoms with Gasteiger partial charge >= 0.3 is 0 Å². The van der Waals surface area contributed by atoms with Crippen LogP contribution >= 0.6 is 0 Å². The molecule has 0 bridgehead atoms. The highest BCUT2D eigenvalue weighted by atomic mass is 16.7. The predicted molar refractivity (Wildman–Crippen MR) is 133 cm³/mol. The molecule has 2 atom stereocenters. The Morgan fingerprint density at radius 2 is 2.00 bits per heavy atom. The van der Waals surface area contributed by atoms with E-state index in [2.05, 4.69) is 56.4 Å². The van der Waals surface area contributed by atoms with Crippen LogP contribution in [0.15, 0.2) is 36.5 Å². The molecule has 0 aliphatic carbocycles. The number of hydrogen-bond acceptors (Lipinski definition) is 5. The summed E-state index contributed by atoms with van der Waals surface area (Å²) < 4.78 is 11.2. The fourth-order valence-electron chi connectivity index (χ4n) is 4.93. The van der Waals surface area contributed by atoms with Crippen LogP contribution in [0.3, 0.4) is 0 Å². The molecule has 0 saturated carbocycles. The smallest absolute Gasteiger partial charge is 0.251 e. The van der Waals surface area contributed by atoms with Gasteiger partial charge in [-0.3, -0.25) is 4.79 Å². The third-order valence-electron chi connectivity index (χ3n) is 6.72. The van der Waals surface area contributed by atoms with Crippen molar-refractivity contribution >= 4 is 11.6 Å². The minimum atomic E-state index is -0.378. The number of nitrogens with one attached hydrogen (secondary N) is 1. The Morgan fingerprint density at radius 1 is 1.21 bits per heavy atom. The van der Waals surface area contributed by atoms with E-state index >= 15 is 0 Å². The van der Waals surface area contributed by atoms with Gasteiger partial charge in [0, 0.05) is 5.92 Å². The van der Waals surface area contributed by atoms with Gasteiger partial charge in [0.25, 0.3) is 5.91 Å². The monoisotopic (exact) mass is 449 g/mol. The van der Waals surface area contributed by atoms with Gasteiger partial charge in [-0.05, 0) is 92.5 Å². The quantitative estimate of drug-likeness (QED) is 0.498. The van der Waals surface area contributed by atoms with E-state index in [4.69, 9.17) is 15.2 Å². The number of anilines is 1. The van der Waals surface area contributed by atoms with E-state index < -0.39 is 0 Å². The van der Waals surface area contributed by atoms with Crippen LogP contribution in [0.2, 0.25) is 0 Å². The maximum absolute atomic E-state index is 12.7. The molecule has 0 radical (unpaired) electrons. The van der Waals surface area contributed by atoms with Crippen LogP contribution in [0, 0.1) is 0 Å². The van der Waals surface area contributed by atoms with Crippen molar-refractivity contribution in [2.24, 2.45) is 5.73 Å². The molecule has 2 unspecified atom stereocenters. The summed E-state index contributed by atoms with van der Waals surface area (Å²) in [7, 11) is 4.19. The van der Waals surface area contributed by atoms with Crippen molar-refractivity contribution in [1.29, 1.82) is 0 Å². The molecule has 176 valence electrons. The van der Waals surface area contributed by atoms with Gasteiger partial charge in [0.1, 0.15) is 0 Å². The molecule has 2 aromatic carbocycles. The lowest BCUT2D eigenvalue weighted by Gasteiger charge is -2.29. The number of nitrogens with zero attached hydrogens (tertiary/aromatic N) is 1. The molecule has 2 aromatic rings. The Hall–Kier alpha value is -2.99. The largest absolute Gasteiger partial charge is 0.454 e. The second-order valence-electron chi connectivity index (χ2n) is 9.33. The molecular weight excluding hydrogens is 414 g/mol. The van der Waals surface area contributed by atoms with Gasteiger partial charge in [-0.25, -0.2) is 0 Å². The van der Waals surface area contributed by atoms with Crippen molar-refractivity contribution in [2.75, 3.05) is 32.7 Å². The van der Waals surface area contributed by atoms with Gasteiger partial charge < -0.3 is 25.4 Å². The molecule has 4 rings (SSSR count). The van der Waals surface area contributed by atoms with Crippen LogP contribution in [-0.2, 0) is 0 Å². The third kappa shape index (κ3) is 4.71. The van der Waals surface area contributed by atoms with E-state index in [-0.39, 0.29) is 24.5 Å². The summed E-state index contributed by atoms with van der Waals surface area (Å²) in [6.45, 7) is 5.67. The highest BCUT2D eigenvalue weighted by Crippen LogP contribution is 2.46. The van der Waals surface area contributed by atoms with E-state index in [9.17, 15) is 4.79 Å². The summed E-state index contributed by atoms with van der Waals surface area (Å²) in [5, 5.41) is 3.37. The first-order valence-corrected chi connectivity index (χ1v) is 11.9. The van der Waals surface area contributed by atoms with Gasteiger partial charge in [0.2, 0.25) is 6.79 Å². The first kappa shape index (κ1) is 23.2. The van der Waals surface area contributed by atoms with Crippen LogP contribution < -0.4 is 20.5 Å². The first-order valence-electron chi connectivity index (χ1n) is 11.9. The van der Waals surface area contributed by atoms with Crippen molar-refractivity contribution in [3.63, 3.8) is 0 Å². The lowest BCUT2D eigenvalue weighted by Crippen LogP contribution is -2.21. The fraction of sp³-hybridized carbons (Fsp3) is 0.444. The summed E-state index contributed by atoms with van der Waals surface area (Å²) in [4.78, 5) is 14.9. The molecule has 2 aliphatic rings. The summed E-state index contributed by atoms with van der Waals surface area (Å²) in [5.74, 6) is 1.55. The summed E-state index contributed by atoms with van der Waals surface area (Å²) in [5.41, 5.74) is 11.8. The lowest BCUT2D eigenvalue weighted by atomic mass is 9.79.